The summed E-state index contributed by atoms with van der Waals surface area (Å²) < 4.78 is 0. The van der Waals surface area contributed by atoms with Crippen LogP contribution in [0.3, 0.4) is 0 Å². The van der Waals surface area contributed by atoms with Crippen molar-refractivity contribution in [1.82, 2.24) is 20.6 Å². The van der Waals surface area contributed by atoms with Crippen LogP contribution in [0.15, 0.2) is 0 Å². The standard InChI is InChI=1S/C7H14N4/c1-3-4-6(2)5-7-8-10-11-9-7/h6H,3-5H2,1-2H3,(H,8,9,10,11). The molecule has 1 rings (SSSR count). The second-order valence-corrected chi connectivity index (χ2v) is 2.93. The number of nitrogens with one attached hydrogen (secondary N) is 1. The quantitative estimate of drug-likeness (QED) is 0.708. The molecule has 1 N–H and O–H groups in total. The first-order chi connectivity index (χ1) is 5.33. The van der Waals surface area contributed by atoms with Gasteiger partial charge in [0.25, 0.3) is 0 Å². The van der Waals surface area contributed by atoms with Crippen molar-refractivity contribution in [1.29, 1.82) is 0 Å². The van der Waals surface area contributed by atoms with E-state index in [0.29, 0.717) is 5.92 Å². The van der Waals surface area contributed by atoms with E-state index in [-0.39, 0.29) is 0 Å². The van der Waals surface area contributed by atoms with Crippen LogP contribution in [0, 0.1) is 5.92 Å². The van der Waals surface area contributed by atoms with Gasteiger partial charge in [0.15, 0.2) is 5.82 Å². The van der Waals surface area contributed by atoms with Crippen molar-refractivity contribution in [2.75, 3.05) is 0 Å². The minimum atomic E-state index is 0.664. The summed E-state index contributed by atoms with van der Waals surface area (Å²) in [5.41, 5.74) is 0. The van der Waals surface area contributed by atoms with Crippen LogP contribution in [0.1, 0.15) is 32.5 Å². The van der Waals surface area contributed by atoms with Crippen molar-refractivity contribution in [3.8, 4) is 0 Å². The first kappa shape index (κ1) is 8.17. The second-order valence-electron chi connectivity index (χ2n) is 2.93. The molecule has 1 unspecified atom stereocenters. The molecule has 0 spiro atoms. The number of hydrogen-bond donors (Lipinski definition) is 1. The van der Waals surface area contributed by atoms with Gasteiger partial charge in [0, 0.05) is 6.42 Å². The molecule has 1 aromatic heterocycles. The van der Waals surface area contributed by atoms with Crippen LogP contribution in [-0.4, -0.2) is 20.6 Å². The van der Waals surface area contributed by atoms with E-state index in [2.05, 4.69) is 34.5 Å². The summed E-state index contributed by atoms with van der Waals surface area (Å²) in [6.45, 7) is 4.40. The van der Waals surface area contributed by atoms with Gasteiger partial charge in [-0.1, -0.05) is 31.9 Å². The summed E-state index contributed by atoms with van der Waals surface area (Å²) in [5, 5.41) is 13.7. The Morgan fingerprint density at radius 2 is 2.36 bits per heavy atom. The Balaban J connectivity index is 2.31. The Morgan fingerprint density at radius 3 is 2.91 bits per heavy atom. The summed E-state index contributed by atoms with van der Waals surface area (Å²) in [7, 11) is 0. The first-order valence-corrected chi connectivity index (χ1v) is 4.05. The summed E-state index contributed by atoms with van der Waals surface area (Å²) in [4.78, 5) is 0. The van der Waals surface area contributed by atoms with Crippen molar-refractivity contribution in [3.63, 3.8) is 0 Å². The maximum atomic E-state index is 3.89. The molecule has 0 radical (unpaired) electrons. The normalized spacial score (nSPS) is 13.3. The van der Waals surface area contributed by atoms with Crippen LogP contribution in [0.4, 0.5) is 0 Å². The molecule has 11 heavy (non-hydrogen) atoms. The van der Waals surface area contributed by atoms with Gasteiger partial charge in [-0.05, 0) is 5.92 Å². The highest BCUT2D eigenvalue weighted by Gasteiger charge is 2.04. The zero-order chi connectivity index (χ0) is 8.10. The fourth-order valence-corrected chi connectivity index (χ4v) is 1.18. The molecule has 0 saturated heterocycles. The molecular formula is C7H14N4. The third-order valence-electron chi connectivity index (χ3n) is 1.70. The molecule has 0 aliphatic rings. The lowest BCUT2D eigenvalue weighted by molar-refractivity contribution is 0.510. The Hall–Kier alpha value is -0.930. The summed E-state index contributed by atoms with van der Waals surface area (Å²) in [5.74, 6) is 1.49. The topological polar surface area (TPSA) is 54.5 Å². The average Bonchev–Trinajstić information content (AvgIpc) is 2.40. The van der Waals surface area contributed by atoms with E-state index in [1.807, 2.05) is 0 Å². The van der Waals surface area contributed by atoms with E-state index in [1.165, 1.54) is 12.8 Å². The Bertz CT molecular complexity index is 182. The molecule has 0 aliphatic carbocycles. The number of hydrogen-bond acceptors (Lipinski definition) is 3. The molecule has 0 aromatic carbocycles. The van der Waals surface area contributed by atoms with Crippen LogP contribution in [-0.2, 0) is 6.42 Å². The third-order valence-corrected chi connectivity index (χ3v) is 1.70. The second kappa shape index (κ2) is 4.05. The zero-order valence-electron chi connectivity index (χ0n) is 7.04. The molecule has 0 bridgehead atoms. The van der Waals surface area contributed by atoms with Gasteiger partial charge in [-0.3, -0.25) is 0 Å². The fraction of sp³-hybridized carbons (Fsp3) is 0.857. The molecule has 0 amide bonds. The molecule has 0 saturated carbocycles. The van der Waals surface area contributed by atoms with Gasteiger partial charge in [0.1, 0.15) is 0 Å². The van der Waals surface area contributed by atoms with E-state index in [0.717, 1.165) is 12.2 Å². The van der Waals surface area contributed by atoms with Crippen LogP contribution in [0.2, 0.25) is 0 Å². The van der Waals surface area contributed by atoms with Gasteiger partial charge in [-0.25, -0.2) is 0 Å². The van der Waals surface area contributed by atoms with Gasteiger partial charge in [-0.15, -0.1) is 10.2 Å². The maximum Gasteiger partial charge on any atom is 0.174 e. The number of tetrazole rings is 1. The van der Waals surface area contributed by atoms with E-state index < -0.39 is 0 Å². The predicted molar refractivity (Wildman–Crippen MR) is 42.0 cm³/mol. The largest absolute Gasteiger partial charge is 0.177 e. The van der Waals surface area contributed by atoms with Gasteiger partial charge in [0.05, 0.1) is 0 Å². The Morgan fingerprint density at radius 1 is 1.55 bits per heavy atom. The van der Waals surface area contributed by atoms with Crippen LogP contribution in [0.5, 0.6) is 0 Å². The highest BCUT2D eigenvalue weighted by atomic mass is 15.5. The molecular weight excluding hydrogens is 140 g/mol. The number of nitrogens with zero attached hydrogens (tertiary/aromatic N) is 3. The van der Waals surface area contributed by atoms with Crippen molar-refractivity contribution >= 4 is 0 Å². The highest BCUT2D eigenvalue weighted by molar-refractivity contribution is 4.78. The van der Waals surface area contributed by atoms with Crippen LogP contribution < -0.4 is 0 Å². The van der Waals surface area contributed by atoms with E-state index >= 15 is 0 Å². The van der Waals surface area contributed by atoms with Crippen LogP contribution in [0.25, 0.3) is 0 Å². The number of aromatic amines is 1. The minimum absolute atomic E-state index is 0.664. The van der Waals surface area contributed by atoms with Crippen LogP contribution >= 0.6 is 0 Å². The highest BCUT2D eigenvalue weighted by Crippen LogP contribution is 2.08. The predicted octanol–water partition coefficient (Wildman–Crippen LogP) is 1.18. The van der Waals surface area contributed by atoms with Crippen molar-refractivity contribution in [2.45, 2.75) is 33.1 Å². The number of H-pyrrole nitrogens is 1. The fourth-order valence-electron chi connectivity index (χ4n) is 1.18. The zero-order valence-corrected chi connectivity index (χ0v) is 7.04. The van der Waals surface area contributed by atoms with Crippen molar-refractivity contribution < 1.29 is 0 Å². The third kappa shape index (κ3) is 2.65. The first-order valence-electron chi connectivity index (χ1n) is 4.05. The van der Waals surface area contributed by atoms with Crippen molar-refractivity contribution in [3.05, 3.63) is 5.82 Å². The molecule has 1 aromatic rings. The molecule has 62 valence electrons. The lowest BCUT2D eigenvalue weighted by Crippen LogP contribution is -2.00. The van der Waals surface area contributed by atoms with E-state index in [1.54, 1.807) is 0 Å². The van der Waals surface area contributed by atoms with E-state index in [9.17, 15) is 0 Å². The maximum absolute atomic E-state index is 3.89. The number of aromatic nitrogens is 4. The smallest absolute Gasteiger partial charge is 0.174 e. The lowest BCUT2D eigenvalue weighted by Gasteiger charge is -2.04. The van der Waals surface area contributed by atoms with Gasteiger partial charge in [0.2, 0.25) is 0 Å². The molecule has 1 atom stereocenters. The Labute approximate surface area is 66.4 Å². The molecule has 1 heterocycles. The molecule has 0 aliphatic heterocycles. The summed E-state index contributed by atoms with van der Waals surface area (Å²) >= 11 is 0. The lowest BCUT2D eigenvalue weighted by atomic mass is 10.0. The van der Waals surface area contributed by atoms with E-state index in [4.69, 9.17) is 0 Å². The van der Waals surface area contributed by atoms with Gasteiger partial charge < -0.3 is 0 Å². The average molecular weight is 154 g/mol. The molecule has 4 nitrogen and oxygen atoms in total. The van der Waals surface area contributed by atoms with Crippen molar-refractivity contribution in [2.24, 2.45) is 5.92 Å². The monoisotopic (exact) mass is 154 g/mol. The molecule has 4 heteroatoms. The minimum Gasteiger partial charge on any atom is -0.177 e. The Kier molecular flexibility index (Phi) is 3.01. The SMILES string of the molecule is CCCC(C)Cc1nn[nH]n1. The molecule has 0 fully saturated rings. The van der Waals surface area contributed by atoms with Gasteiger partial charge >= 0.3 is 0 Å². The van der Waals surface area contributed by atoms with Gasteiger partial charge in [-0.2, -0.15) is 5.21 Å². The number of rotatable bonds is 4. The summed E-state index contributed by atoms with van der Waals surface area (Å²) in [6.07, 6.45) is 3.39. The summed E-state index contributed by atoms with van der Waals surface area (Å²) in [6, 6.07) is 0.